The van der Waals surface area contributed by atoms with E-state index in [-0.39, 0.29) is 29.7 Å². The summed E-state index contributed by atoms with van der Waals surface area (Å²) in [4.78, 5) is 0. The zero-order chi connectivity index (χ0) is 17.7. The van der Waals surface area contributed by atoms with Gasteiger partial charge in [0.05, 0.1) is 0 Å². The smallest absolute Gasteiger partial charge is 0.315 e. The molecule has 0 aliphatic rings. The van der Waals surface area contributed by atoms with Crippen molar-refractivity contribution in [2.75, 3.05) is 13.2 Å². The molecule has 0 heterocycles. The van der Waals surface area contributed by atoms with Crippen LogP contribution < -0.4 is 0 Å². The van der Waals surface area contributed by atoms with Crippen LogP contribution in [0.5, 0.6) is 0 Å². The highest BCUT2D eigenvalue weighted by molar-refractivity contribution is 6.89. The molecule has 0 saturated carbocycles. The monoisotopic (exact) mass is 446 g/mol. The summed E-state index contributed by atoms with van der Waals surface area (Å²) in [6, 6.07) is 0.975. The van der Waals surface area contributed by atoms with Crippen LogP contribution >= 0.6 is 0 Å². The third-order valence-corrected chi connectivity index (χ3v) is 16.2. The maximum absolute atomic E-state index is 6.60. The van der Waals surface area contributed by atoms with Crippen LogP contribution in [0.2, 0.25) is 65.0 Å². The van der Waals surface area contributed by atoms with Crippen molar-refractivity contribution in [3.63, 3.8) is 0 Å². The molecule has 0 spiro atoms. The van der Waals surface area contributed by atoms with Crippen LogP contribution in [-0.2, 0) is 17.1 Å². The molecule has 0 aliphatic heterocycles. The Kier molecular flexibility index (Phi) is 21.1. The minimum Gasteiger partial charge on any atom is -0.437 e. The summed E-state index contributed by atoms with van der Waals surface area (Å²) in [6.45, 7) is 23.5. The van der Waals surface area contributed by atoms with Crippen LogP contribution in [0, 0.1) is 0 Å². The molecule has 1 atom stereocenters. The predicted molar refractivity (Wildman–Crippen MR) is 132 cm³/mol. The molecule has 0 amide bonds. The van der Waals surface area contributed by atoms with E-state index in [1.165, 1.54) is 0 Å². The minimum atomic E-state index is -2.23. The van der Waals surface area contributed by atoms with Gasteiger partial charge in [-0.25, -0.2) is 0 Å². The first-order chi connectivity index (χ1) is 9.68. The summed E-state index contributed by atoms with van der Waals surface area (Å²) in [5.41, 5.74) is 0. The third kappa shape index (κ3) is 21.0. The molecule has 0 saturated heterocycles. The second kappa shape index (κ2) is 14.7. The minimum absolute atomic E-state index is 0. The van der Waals surface area contributed by atoms with Gasteiger partial charge in [0.25, 0.3) is 0 Å². The van der Waals surface area contributed by atoms with Crippen LogP contribution in [0.15, 0.2) is 0 Å². The van der Waals surface area contributed by atoms with Crippen molar-refractivity contribution in [3.05, 3.63) is 0 Å². The standard InChI is InChI=1S/C14H38O4Si4.4CH4/c1-11-15-13-12-14-22(10,17-20(5,6)7)18-21(8,9)16-19(2,3)4;;;;/h11-14H2,1-10H3;4*1H4. The van der Waals surface area contributed by atoms with Gasteiger partial charge in [-0.3, -0.25) is 0 Å². The summed E-state index contributed by atoms with van der Waals surface area (Å²) in [7, 11) is -7.64. The van der Waals surface area contributed by atoms with Gasteiger partial charge in [-0.2, -0.15) is 0 Å². The first kappa shape index (κ1) is 37.5. The molecule has 0 aromatic rings. The summed E-state index contributed by atoms with van der Waals surface area (Å²) in [5, 5.41) is 0. The van der Waals surface area contributed by atoms with Gasteiger partial charge in [0.2, 0.25) is 0 Å². The van der Waals surface area contributed by atoms with Crippen molar-refractivity contribution in [1.29, 1.82) is 0 Å². The van der Waals surface area contributed by atoms with Crippen molar-refractivity contribution in [2.24, 2.45) is 0 Å². The van der Waals surface area contributed by atoms with Crippen molar-refractivity contribution in [3.8, 4) is 0 Å². The summed E-state index contributed by atoms with van der Waals surface area (Å²) >= 11 is 0. The Morgan fingerprint density at radius 1 is 0.615 bits per heavy atom. The lowest BCUT2D eigenvalue weighted by molar-refractivity contribution is 0.146. The van der Waals surface area contributed by atoms with Crippen molar-refractivity contribution in [1.82, 2.24) is 0 Å². The molecule has 0 fully saturated rings. The number of ether oxygens (including phenoxy) is 1. The van der Waals surface area contributed by atoms with E-state index in [1.54, 1.807) is 0 Å². The van der Waals surface area contributed by atoms with E-state index in [0.717, 1.165) is 25.7 Å². The van der Waals surface area contributed by atoms with Gasteiger partial charge in [0, 0.05) is 13.2 Å². The average molecular weight is 447 g/mol. The zero-order valence-corrected chi connectivity index (χ0v) is 20.5. The SMILES string of the molecule is C.C.C.C.CCOCCC[Si](C)(O[Si](C)(C)C)O[Si](C)(C)O[Si](C)(C)C. The van der Waals surface area contributed by atoms with Crippen molar-refractivity contribution in [2.45, 2.75) is 108 Å². The molecule has 0 bridgehead atoms. The fourth-order valence-corrected chi connectivity index (χ4v) is 20.6. The zero-order valence-electron chi connectivity index (χ0n) is 16.5. The molecule has 0 aromatic carbocycles. The summed E-state index contributed by atoms with van der Waals surface area (Å²) in [5.74, 6) is 0. The molecule has 4 nitrogen and oxygen atoms in total. The maximum Gasteiger partial charge on any atom is 0.315 e. The molecule has 26 heavy (non-hydrogen) atoms. The third-order valence-electron chi connectivity index (χ3n) is 2.66. The number of rotatable bonds is 11. The van der Waals surface area contributed by atoms with E-state index < -0.39 is 33.8 Å². The van der Waals surface area contributed by atoms with Gasteiger partial charge in [-0.15, -0.1) is 0 Å². The largest absolute Gasteiger partial charge is 0.437 e. The van der Waals surface area contributed by atoms with E-state index in [9.17, 15) is 0 Å². The molecular weight excluding hydrogens is 393 g/mol. The Bertz CT molecular complexity index is 328. The molecule has 8 heteroatoms. The molecule has 0 radical (unpaired) electrons. The normalized spacial score (nSPS) is 14.1. The van der Waals surface area contributed by atoms with Crippen molar-refractivity contribution < 1.29 is 17.1 Å². The number of hydrogen-bond acceptors (Lipinski definition) is 4. The lowest BCUT2D eigenvalue weighted by atomic mass is 10.5. The first-order valence-corrected chi connectivity index (χ1v) is 20.5. The topological polar surface area (TPSA) is 36.9 Å². The van der Waals surface area contributed by atoms with Crippen LogP contribution in [0.4, 0.5) is 0 Å². The highest BCUT2D eigenvalue weighted by Crippen LogP contribution is 2.27. The van der Waals surface area contributed by atoms with E-state index in [0.29, 0.717) is 0 Å². The van der Waals surface area contributed by atoms with Crippen LogP contribution in [0.1, 0.15) is 43.1 Å². The molecule has 0 N–H and O–H groups in total. The van der Waals surface area contributed by atoms with Crippen LogP contribution in [0.3, 0.4) is 0 Å². The predicted octanol–water partition coefficient (Wildman–Crippen LogP) is 7.45. The van der Waals surface area contributed by atoms with E-state index in [4.69, 9.17) is 17.1 Å². The Morgan fingerprint density at radius 3 is 1.38 bits per heavy atom. The maximum atomic E-state index is 6.60. The second-order valence-corrected chi connectivity index (χ2v) is 24.8. The Labute approximate surface area is 172 Å². The Balaban J connectivity index is -0.000000367. The second-order valence-electron chi connectivity index (χ2n) is 8.37. The van der Waals surface area contributed by atoms with Gasteiger partial charge < -0.3 is 17.1 Å². The lowest BCUT2D eigenvalue weighted by Gasteiger charge is -2.41. The molecule has 0 rings (SSSR count). The highest BCUT2D eigenvalue weighted by Gasteiger charge is 2.44. The fourth-order valence-electron chi connectivity index (χ4n) is 2.69. The molecule has 0 aromatic heterocycles. The van der Waals surface area contributed by atoms with Gasteiger partial charge in [0.1, 0.15) is 0 Å². The Hall–Kier alpha value is 0.708. The van der Waals surface area contributed by atoms with Gasteiger partial charge in [-0.1, -0.05) is 29.7 Å². The number of hydrogen-bond donors (Lipinski definition) is 0. The molecule has 166 valence electrons. The average Bonchev–Trinajstić information content (AvgIpc) is 2.16. The van der Waals surface area contributed by atoms with E-state index in [2.05, 4.69) is 58.9 Å². The van der Waals surface area contributed by atoms with Gasteiger partial charge in [0.15, 0.2) is 16.6 Å². The van der Waals surface area contributed by atoms with Crippen LogP contribution in [-0.4, -0.2) is 47.0 Å². The lowest BCUT2D eigenvalue weighted by Crippen LogP contribution is -2.56. The van der Waals surface area contributed by atoms with E-state index in [1.807, 2.05) is 6.92 Å². The van der Waals surface area contributed by atoms with Gasteiger partial charge >= 0.3 is 17.1 Å². The molecular formula is C18H54O4Si4. The molecule has 0 aliphatic carbocycles. The van der Waals surface area contributed by atoms with Crippen molar-refractivity contribution >= 4 is 33.8 Å². The van der Waals surface area contributed by atoms with Crippen LogP contribution in [0.25, 0.3) is 0 Å². The summed E-state index contributed by atoms with van der Waals surface area (Å²) < 4.78 is 25.0. The Morgan fingerprint density at radius 2 is 1.04 bits per heavy atom. The highest BCUT2D eigenvalue weighted by atomic mass is 28.5. The first-order valence-electron chi connectivity index (χ1n) is 8.36. The summed E-state index contributed by atoms with van der Waals surface area (Å²) in [6.07, 6.45) is 0.998. The quantitative estimate of drug-likeness (QED) is 0.244. The van der Waals surface area contributed by atoms with E-state index >= 15 is 0 Å². The fraction of sp³-hybridized carbons (Fsp3) is 1.00. The molecule has 1 unspecified atom stereocenters. The van der Waals surface area contributed by atoms with Gasteiger partial charge in [-0.05, 0) is 78.3 Å².